The molecule has 6 nitrogen and oxygen atoms in total. The van der Waals surface area contributed by atoms with Gasteiger partial charge in [0.1, 0.15) is 5.84 Å². The fourth-order valence-corrected chi connectivity index (χ4v) is 19.3. The second-order valence-corrected chi connectivity index (χ2v) is 37.7. The van der Waals surface area contributed by atoms with Crippen molar-refractivity contribution in [2.45, 2.75) is 110 Å². The minimum absolute atomic E-state index is 0.00600. The predicted molar refractivity (Wildman–Crippen MR) is 526 cm³/mol. The molecular weight excluding hydrogens is 1500 g/mol. The van der Waals surface area contributed by atoms with Crippen LogP contribution in [-0.2, 0) is 28.1 Å². The van der Waals surface area contributed by atoms with E-state index in [2.05, 4.69) is 449 Å². The van der Waals surface area contributed by atoms with E-state index >= 15 is 0 Å². The Kier molecular flexibility index (Phi) is 18.7. The first kappa shape index (κ1) is 77.0. The summed E-state index contributed by atoms with van der Waals surface area (Å²) in [5, 5.41) is 18.3. The third kappa shape index (κ3) is 13.7. The highest BCUT2D eigenvalue weighted by atomic mass is 15.1. The van der Waals surface area contributed by atoms with Crippen LogP contribution in [0, 0.1) is 0 Å². The molecule has 3 aromatic heterocycles. The summed E-state index contributed by atoms with van der Waals surface area (Å²) < 4.78 is 5.02. The highest BCUT2D eigenvalue weighted by Crippen LogP contribution is 2.48. The van der Waals surface area contributed by atoms with Gasteiger partial charge in [-0.1, -0.05) is 361 Å². The largest absolute Gasteiger partial charge is 0.359 e. The number of hydrogen-bond acceptors (Lipinski definition) is 4. The number of amidine groups is 1. The Hall–Kier alpha value is -14.3. The van der Waals surface area contributed by atoms with Crippen molar-refractivity contribution in [3.05, 3.63) is 415 Å². The molecule has 0 radical (unpaired) electrons. The van der Waals surface area contributed by atoms with Gasteiger partial charge < -0.3 is 14.5 Å². The van der Waals surface area contributed by atoms with Gasteiger partial charge in [-0.2, -0.15) is 0 Å². The fraction of sp³-hybridized carbons (Fsp3) is 0.144. The molecule has 17 aromatic carbocycles. The molecule has 4 heterocycles. The molecule has 600 valence electrons. The van der Waals surface area contributed by atoms with E-state index in [1.807, 2.05) is 12.1 Å². The molecule has 20 aromatic rings. The maximum atomic E-state index is 5.63. The lowest BCUT2D eigenvalue weighted by atomic mass is 9.78. The van der Waals surface area contributed by atoms with Crippen LogP contribution < -0.4 is 5.32 Å². The molecule has 1 unspecified atom stereocenters. The van der Waals surface area contributed by atoms with Gasteiger partial charge in [-0.3, -0.25) is 0 Å². The van der Waals surface area contributed by atoms with Crippen LogP contribution in [0.4, 0.5) is 0 Å². The van der Waals surface area contributed by atoms with Crippen LogP contribution in [0.5, 0.6) is 0 Å². The first-order chi connectivity index (χ1) is 60.1. The lowest BCUT2D eigenvalue weighted by molar-refractivity contribution is 0.523. The highest BCUT2D eigenvalue weighted by molar-refractivity contribution is 6.19. The standard InChI is InChI=1S/C118H98N6/c1-115(2,3)81-50-60-109-99(67-81)100-68-82(116(4,5)6)51-61-110(100)123(109)107-64-58-93(87-40-25-27-44-95(87)107)92-55-57-98(90-43-24-22-39-86(90)92)114-121-105(78-34-19-14-20-35-78)72-106(122-114)80-37-29-36-79(66-80)75-48-46-74(47-49-75)73-118(10,11)84-53-63-112-102(70-84)101-69-83(117(7,8)9)52-62-111(101)124(112)108-65-59-94(88-41-26-28-45-96(88)108)91-54-56-97(89-42-23-21-38-85(89)91)113-119-103(76-30-15-12-16-31-76)71-104(120-113)77-32-17-13-18-33-77/h12-72,105H,73H2,1-11H3,(H,121,122). The SMILES string of the molecule is CC(C)(C)c1ccc2c(c1)c1cc(C(C)(C)C)ccc1n2-c1ccc(-c2ccc(C3=NC(c4cccc(-c5ccc(CC(C)(C)c6ccc7c(c6)c6cc(C(C)(C)C)ccc6n7-c6ccc(-c7ccc(-c8nc(-c9ccccc9)cc(-c9ccccc9)n8)c8ccccc78)c7ccccc67)cc5)c4)=CC(c4ccccc4)N3)c3ccccc23)c2ccccc12. The second kappa shape index (κ2) is 30.1. The van der Waals surface area contributed by atoms with Crippen molar-refractivity contribution in [2.75, 3.05) is 0 Å². The predicted octanol–water partition coefficient (Wildman–Crippen LogP) is 30.8. The van der Waals surface area contributed by atoms with Gasteiger partial charge in [0.15, 0.2) is 5.82 Å². The van der Waals surface area contributed by atoms with Crippen molar-refractivity contribution < 1.29 is 0 Å². The molecule has 1 atom stereocenters. The van der Waals surface area contributed by atoms with E-state index in [4.69, 9.17) is 15.0 Å². The van der Waals surface area contributed by atoms with Gasteiger partial charge in [0.2, 0.25) is 0 Å². The molecule has 1 aliphatic heterocycles. The van der Waals surface area contributed by atoms with Crippen molar-refractivity contribution in [1.82, 2.24) is 24.4 Å². The topological polar surface area (TPSA) is 60.0 Å². The van der Waals surface area contributed by atoms with Crippen molar-refractivity contribution in [2.24, 2.45) is 4.99 Å². The van der Waals surface area contributed by atoms with Crippen molar-refractivity contribution in [3.63, 3.8) is 0 Å². The first-order valence-corrected chi connectivity index (χ1v) is 43.7. The lowest BCUT2D eigenvalue weighted by Crippen LogP contribution is -2.31. The molecule has 1 N–H and O–H groups in total. The first-order valence-electron chi connectivity index (χ1n) is 43.7. The van der Waals surface area contributed by atoms with Crippen LogP contribution in [0.25, 0.3) is 171 Å². The van der Waals surface area contributed by atoms with E-state index in [1.165, 1.54) is 126 Å². The summed E-state index contributed by atoms with van der Waals surface area (Å²) in [4.78, 5) is 16.2. The smallest absolute Gasteiger partial charge is 0.161 e. The van der Waals surface area contributed by atoms with E-state index in [0.717, 1.165) is 95.7 Å². The van der Waals surface area contributed by atoms with E-state index < -0.39 is 0 Å². The second-order valence-electron chi connectivity index (χ2n) is 37.7. The Morgan fingerprint density at radius 3 is 1.08 bits per heavy atom. The van der Waals surface area contributed by atoms with Crippen LogP contribution in [0.2, 0.25) is 0 Å². The molecule has 0 amide bonds. The number of nitrogens with zero attached hydrogens (tertiary/aromatic N) is 5. The quantitative estimate of drug-likeness (QED) is 0.118. The highest BCUT2D eigenvalue weighted by Gasteiger charge is 2.30. The monoisotopic (exact) mass is 1600 g/mol. The summed E-state index contributed by atoms with van der Waals surface area (Å²) in [6, 6.07) is 135. The van der Waals surface area contributed by atoms with Crippen LogP contribution in [0.15, 0.2) is 375 Å². The van der Waals surface area contributed by atoms with Gasteiger partial charge in [0.05, 0.1) is 56.6 Å². The zero-order valence-electron chi connectivity index (χ0n) is 72.2. The Bertz CT molecular complexity index is 7600. The normalized spacial score (nSPS) is 13.6. The summed E-state index contributed by atoms with van der Waals surface area (Å²) in [7, 11) is 0. The number of benzene rings is 17. The van der Waals surface area contributed by atoms with Gasteiger partial charge in [-0.25, -0.2) is 15.0 Å². The molecule has 0 saturated carbocycles. The van der Waals surface area contributed by atoms with E-state index in [-0.39, 0.29) is 27.7 Å². The average molecular weight is 1600 g/mol. The van der Waals surface area contributed by atoms with Crippen LogP contribution in [0.1, 0.15) is 127 Å². The summed E-state index contributed by atoms with van der Waals surface area (Å²) in [6.45, 7) is 25.6. The molecule has 0 fully saturated rings. The van der Waals surface area contributed by atoms with E-state index in [0.29, 0.717) is 5.82 Å². The van der Waals surface area contributed by atoms with Gasteiger partial charge >= 0.3 is 0 Å². The van der Waals surface area contributed by atoms with Crippen LogP contribution >= 0.6 is 0 Å². The summed E-state index contributed by atoms with van der Waals surface area (Å²) in [6.07, 6.45) is 3.15. The molecule has 0 saturated heterocycles. The minimum Gasteiger partial charge on any atom is -0.359 e. The zero-order chi connectivity index (χ0) is 84.5. The number of aliphatic imine (C=N–C) groups is 1. The third-order valence-corrected chi connectivity index (χ3v) is 26.1. The minimum atomic E-state index is -0.221. The molecule has 0 aliphatic carbocycles. The van der Waals surface area contributed by atoms with Gasteiger partial charge in [-0.15, -0.1) is 0 Å². The van der Waals surface area contributed by atoms with Crippen LogP contribution in [-0.4, -0.2) is 24.9 Å². The third-order valence-electron chi connectivity index (χ3n) is 26.1. The molecule has 1 aliphatic rings. The summed E-state index contributed by atoms with van der Waals surface area (Å²) >= 11 is 0. The summed E-state index contributed by atoms with van der Waals surface area (Å²) in [5.41, 5.74) is 29.5. The van der Waals surface area contributed by atoms with Gasteiger partial charge in [0.25, 0.3) is 0 Å². The van der Waals surface area contributed by atoms with Crippen LogP contribution in [0.3, 0.4) is 0 Å². The van der Waals surface area contributed by atoms with Gasteiger partial charge in [-0.05, 0) is 212 Å². The maximum absolute atomic E-state index is 5.63. The molecule has 21 rings (SSSR count). The fourth-order valence-electron chi connectivity index (χ4n) is 19.3. The zero-order valence-corrected chi connectivity index (χ0v) is 72.2. The van der Waals surface area contributed by atoms with Gasteiger partial charge in [0, 0.05) is 60.1 Å². The number of hydrogen-bond donors (Lipinski definition) is 1. The van der Waals surface area contributed by atoms with E-state index in [9.17, 15) is 0 Å². The molecular formula is C118H98N6. The number of nitrogens with one attached hydrogen (secondary N) is 1. The number of aromatic nitrogens is 4. The Morgan fingerprint density at radius 1 is 0.274 bits per heavy atom. The summed E-state index contributed by atoms with van der Waals surface area (Å²) in [5.74, 6) is 1.53. The van der Waals surface area contributed by atoms with Crippen molar-refractivity contribution >= 4 is 98.2 Å². The molecule has 6 heteroatoms. The van der Waals surface area contributed by atoms with Crippen molar-refractivity contribution in [3.8, 4) is 78.7 Å². The number of fused-ring (bicyclic) bond motifs is 10. The average Bonchev–Trinajstić information content (AvgIpc) is 1.56. The lowest BCUT2D eigenvalue weighted by Gasteiger charge is -2.26. The molecule has 124 heavy (non-hydrogen) atoms. The Morgan fingerprint density at radius 2 is 0.629 bits per heavy atom. The number of rotatable bonds is 14. The van der Waals surface area contributed by atoms with E-state index in [1.54, 1.807) is 0 Å². The van der Waals surface area contributed by atoms with Crippen molar-refractivity contribution in [1.29, 1.82) is 0 Å². The molecule has 0 spiro atoms. The Labute approximate surface area is 726 Å². The molecule has 0 bridgehead atoms. The maximum Gasteiger partial charge on any atom is 0.161 e. The Balaban J connectivity index is 0.587.